The molecule has 0 fully saturated rings. The average molecular weight is 494 g/mol. The molecular formula is C26H27N3O5S. The second-order valence-corrected chi connectivity index (χ2v) is 9.92. The van der Waals surface area contributed by atoms with Gasteiger partial charge in [-0.25, -0.2) is 14.6 Å². The molecule has 2 amide bonds. The molecule has 1 aliphatic rings. The van der Waals surface area contributed by atoms with Crippen LogP contribution >= 0.6 is 11.3 Å². The zero-order valence-electron chi connectivity index (χ0n) is 19.8. The topological polar surface area (TPSA) is 118 Å². The van der Waals surface area contributed by atoms with Crippen LogP contribution < -0.4 is 10.6 Å². The van der Waals surface area contributed by atoms with E-state index in [0.717, 1.165) is 22.3 Å². The van der Waals surface area contributed by atoms with Crippen molar-refractivity contribution in [3.8, 4) is 11.1 Å². The number of aromatic nitrogens is 1. The minimum absolute atomic E-state index is 0.0192. The van der Waals surface area contributed by atoms with Crippen LogP contribution in [0, 0.1) is 6.92 Å². The number of rotatable bonds is 8. The molecule has 1 heterocycles. The summed E-state index contributed by atoms with van der Waals surface area (Å²) in [4.78, 5) is 41.4. The molecule has 1 unspecified atom stereocenters. The summed E-state index contributed by atoms with van der Waals surface area (Å²) in [5.74, 6) is -1.59. The molecule has 3 aromatic rings. The van der Waals surface area contributed by atoms with Crippen LogP contribution in [0.1, 0.15) is 57.7 Å². The van der Waals surface area contributed by atoms with Gasteiger partial charge in [-0.3, -0.25) is 4.79 Å². The van der Waals surface area contributed by atoms with Gasteiger partial charge in [-0.2, -0.15) is 0 Å². The molecule has 182 valence electrons. The maximum absolute atomic E-state index is 12.9. The largest absolute Gasteiger partial charge is 0.476 e. The van der Waals surface area contributed by atoms with Crippen LogP contribution in [0.5, 0.6) is 0 Å². The third kappa shape index (κ3) is 4.90. The number of thiazole rings is 1. The number of aryl methyl sites for hydroxylation is 1. The number of alkyl carbamates (subject to hydrolysis) is 1. The SMILES string of the molecule is CCC(C)(NC(=O)OCC1c2ccccc2-c2ccccc21)C(=O)NCc1nc(C(=O)O)c(C)s1. The molecule has 8 nitrogen and oxygen atoms in total. The summed E-state index contributed by atoms with van der Waals surface area (Å²) < 4.78 is 5.59. The fourth-order valence-corrected chi connectivity index (χ4v) is 5.11. The van der Waals surface area contributed by atoms with E-state index in [-0.39, 0.29) is 24.8 Å². The quantitative estimate of drug-likeness (QED) is 0.426. The molecule has 4 rings (SSSR count). The second kappa shape index (κ2) is 9.87. The highest BCUT2D eigenvalue weighted by molar-refractivity contribution is 7.11. The van der Waals surface area contributed by atoms with Gasteiger partial charge >= 0.3 is 12.1 Å². The minimum Gasteiger partial charge on any atom is -0.476 e. The van der Waals surface area contributed by atoms with Gasteiger partial charge in [-0.15, -0.1) is 11.3 Å². The Labute approximate surface area is 207 Å². The first-order chi connectivity index (χ1) is 16.7. The molecule has 0 saturated carbocycles. The van der Waals surface area contributed by atoms with Gasteiger partial charge in [0.05, 0.1) is 6.54 Å². The second-order valence-electron chi connectivity index (χ2n) is 8.64. The zero-order chi connectivity index (χ0) is 25.2. The van der Waals surface area contributed by atoms with Crippen LogP contribution in [0.15, 0.2) is 48.5 Å². The number of ether oxygens (including phenoxy) is 1. The fourth-order valence-electron chi connectivity index (χ4n) is 4.24. The standard InChI is InChI=1S/C26H27N3O5S/c1-4-26(3,24(32)27-13-21-28-22(23(30)31)15(2)35-21)29-25(33)34-14-20-18-11-7-5-9-16(18)17-10-6-8-12-19(17)20/h5-12,20H,4,13-14H2,1-3H3,(H,27,32)(H,29,33)(H,30,31). The van der Waals surface area contributed by atoms with E-state index in [1.807, 2.05) is 36.4 Å². The maximum atomic E-state index is 12.9. The highest BCUT2D eigenvalue weighted by atomic mass is 32.1. The molecule has 2 aromatic carbocycles. The number of carboxylic acid groups (broad SMARTS) is 1. The number of carbonyl (C=O) groups excluding carboxylic acids is 2. The first-order valence-electron chi connectivity index (χ1n) is 11.3. The number of carbonyl (C=O) groups is 3. The van der Waals surface area contributed by atoms with Crippen molar-refractivity contribution in [3.63, 3.8) is 0 Å². The van der Waals surface area contributed by atoms with Gasteiger partial charge in [-0.1, -0.05) is 55.5 Å². The van der Waals surface area contributed by atoms with Crippen LogP contribution in [0.3, 0.4) is 0 Å². The Kier molecular flexibility index (Phi) is 6.88. The lowest BCUT2D eigenvalue weighted by atomic mass is 9.97. The molecule has 0 radical (unpaired) electrons. The molecule has 1 aromatic heterocycles. The summed E-state index contributed by atoms with van der Waals surface area (Å²) in [5.41, 5.74) is 3.27. The molecular weight excluding hydrogens is 466 g/mol. The highest BCUT2D eigenvalue weighted by Crippen LogP contribution is 2.44. The molecule has 0 bridgehead atoms. The first-order valence-corrected chi connectivity index (χ1v) is 12.2. The molecule has 35 heavy (non-hydrogen) atoms. The molecule has 9 heteroatoms. The van der Waals surface area contributed by atoms with E-state index < -0.39 is 23.5 Å². The van der Waals surface area contributed by atoms with Crippen LogP contribution in [0.4, 0.5) is 4.79 Å². The monoisotopic (exact) mass is 493 g/mol. The van der Waals surface area contributed by atoms with E-state index in [1.54, 1.807) is 20.8 Å². The van der Waals surface area contributed by atoms with Crippen molar-refractivity contribution >= 4 is 29.3 Å². The van der Waals surface area contributed by atoms with Crippen molar-refractivity contribution in [1.82, 2.24) is 15.6 Å². The third-order valence-electron chi connectivity index (χ3n) is 6.37. The molecule has 1 aliphatic carbocycles. The number of aromatic carboxylic acids is 1. The Morgan fingerprint density at radius 1 is 1.09 bits per heavy atom. The highest BCUT2D eigenvalue weighted by Gasteiger charge is 2.35. The van der Waals surface area contributed by atoms with Gasteiger partial charge < -0.3 is 20.5 Å². The Balaban J connectivity index is 1.38. The molecule has 0 aliphatic heterocycles. The molecule has 1 atom stereocenters. The number of nitrogens with zero attached hydrogens (tertiary/aromatic N) is 1. The lowest BCUT2D eigenvalue weighted by molar-refractivity contribution is -0.127. The predicted octanol–water partition coefficient (Wildman–Crippen LogP) is 4.47. The van der Waals surface area contributed by atoms with Gasteiger partial charge in [0, 0.05) is 10.8 Å². The lowest BCUT2D eigenvalue weighted by Crippen LogP contribution is -2.56. The Morgan fingerprint density at radius 2 is 1.69 bits per heavy atom. The molecule has 0 spiro atoms. The van der Waals surface area contributed by atoms with Crippen LogP contribution in [0.25, 0.3) is 11.1 Å². The van der Waals surface area contributed by atoms with Crippen molar-refractivity contribution in [2.45, 2.75) is 45.2 Å². The number of nitrogens with one attached hydrogen (secondary N) is 2. The number of hydrogen-bond donors (Lipinski definition) is 3. The van der Waals surface area contributed by atoms with Gasteiger partial charge in [0.25, 0.3) is 0 Å². The summed E-state index contributed by atoms with van der Waals surface area (Å²) in [6.45, 7) is 5.30. The van der Waals surface area contributed by atoms with Gasteiger partial charge in [0.1, 0.15) is 17.2 Å². The zero-order valence-corrected chi connectivity index (χ0v) is 20.6. The smallest absolute Gasteiger partial charge is 0.408 e. The Bertz CT molecular complexity index is 1240. The van der Waals surface area contributed by atoms with Crippen LogP contribution in [0.2, 0.25) is 0 Å². The van der Waals surface area contributed by atoms with Gasteiger partial charge in [-0.05, 0) is 42.5 Å². The summed E-state index contributed by atoms with van der Waals surface area (Å²) in [6, 6.07) is 16.1. The number of hydrogen-bond acceptors (Lipinski definition) is 6. The van der Waals surface area contributed by atoms with Crippen LogP contribution in [-0.4, -0.2) is 40.2 Å². The Morgan fingerprint density at radius 3 is 2.23 bits per heavy atom. The van der Waals surface area contributed by atoms with Gasteiger partial charge in [0.2, 0.25) is 5.91 Å². The van der Waals surface area contributed by atoms with Crippen LogP contribution in [-0.2, 0) is 16.1 Å². The molecule has 0 saturated heterocycles. The van der Waals surface area contributed by atoms with E-state index in [0.29, 0.717) is 16.3 Å². The van der Waals surface area contributed by atoms with E-state index >= 15 is 0 Å². The Hall–Kier alpha value is -3.72. The van der Waals surface area contributed by atoms with E-state index in [9.17, 15) is 14.4 Å². The number of carboxylic acids is 1. The lowest BCUT2D eigenvalue weighted by Gasteiger charge is -2.28. The fraction of sp³-hybridized carbons (Fsp3) is 0.308. The summed E-state index contributed by atoms with van der Waals surface area (Å²) in [7, 11) is 0. The molecule has 3 N–H and O–H groups in total. The number of benzene rings is 2. The summed E-state index contributed by atoms with van der Waals surface area (Å²) >= 11 is 1.21. The van der Waals surface area contributed by atoms with Crippen molar-refractivity contribution in [3.05, 3.63) is 75.2 Å². The predicted molar refractivity (Wildman–Crippen MR) is 133 cm³/mol. The first kappa shape index (κ1) is 24.4. The van der Waals surface area contributed by atoms with Crippen molar-refractivity contribution in [2.75, 3.05) is 6.61 Å². The average Bonchev–Trinajstić information content (AvgIpc) is 3.38. The third-order valence-corrected chi connectivity index (χ3v) is 7.34. The van der Waals surface area contributed by atoms with E-state index in [4.69, 9.17) is 9.84 Å². The van der Waals surface area contributed by atoms with E-state index in [2.05, 4.69) is 27.8 Å². The number of fused-ring (bicyclic) bond motifs is 3. The van der Waals surface area contributed by atoms with E-state index in [1.165, 1.54) is 11.3 Å². The van der Waals surface area contributed by atoms with Crippen molar-refractivity contribution < 1.29 is 24.2 Å². The number of amides is 2. The van der Waals surface area contributed by atoms with Crippen molar-refractivity contribution in [1.29, 1.82) is 0 Å². The minimum atomic E-state index is -1.20. The summed E-state index contributed by atoms with van der Waals surface area (Å²) in [5, 5.41) is 15.1. The summed E-state index contributed by atoms with van der Waals surface area (Å²) in [6.07, 6.45) is -0.343. The normalized spacial score (nSPS) is 13.9. The van der Waals surface area contributed by atoms with Crippen molar-refractivity contribution in [2.24, 2.45) is 0 Å². The van der Waals surface area contributed by atoms with Gasteiger partial charge in [0.15, 0.2) is 5.69 Å². The maximum Gasteiger partial charge on any atom is 0.408 e.